The van der Waals surface area contributed by atoms with Crippen LogP contribution in [0.25, 0.3) is 11.3 Å². The monoisotopic (exact) mass is 477 g/mol. The van der Waals surface area contributed by atoms with E-state index in [0.29, 0.717) is 43.5 Å². The standard InChI is InChI=1S/C26H31N5O2S/c1-3-20(2)18-31(26(33)23-10-7-17-34-23)19-25(32)30-15-13-29(14-16-30)24-12-11-22(27-28-24)21-8-5-4-6-9-21/h4-12,17,20H,3,13-16,18-19H2,1-2H3/t20-/m1/s1. The Morgan fingerprint density at radius 2 is 1.76 bits per heavy atom. The molecule has 0 unspecified atom stereocenters. The molecule has 2 amide bonds. The van der Waals surface area contributed by atoms with Crippen molar-refractivity contribution < 1.29 is 9.59 Å². The van der Waals surface area contributed by atoms with E-state index in [9.17, 15) is 9.59 Å². The van der Waals surface area contributed by atoms with Crippen LogP contribution in [-0.2, 0) is 4.79 Å². The van der Waals surface area contributed by atoms with Gasteiger partial charge in [0.2, 0.25) is 5.91 Å². The fraction of sp³-hybridized carbons (Fsp3) is 0.385. The average molecular weight is 478 g/mol. The van der Waals surface area contributed by atoms with Crippen LogP contribution >= 0.6 is 11.3 Å². The quantitative estimate of drug-likeness (QED) is 0.490. The van der Waals surface area contributed by atoms with Crippen molar-refractivity contribution in [1.29, 1.82) is 0 Å². The molecular formula is C26H31N5O2S. The van der Waals surface area contributed by atoms with E-state index in [-0.39, 0.29) is 18.4 Å². The molecule has 8 heteroatoms. The van der Waals surface area contributed by atoms with Crippen molar-refractivity contribution in [2.24, 2.45) is 5.92 Å². The van der Waals surface area contributed by atoms with Crippen molar-refractivity contribution in [3.05, 3.63) is 64.9 Å². The number of benzene rings is 1. The first-order valence-corrected chi connectivity index (χ1v) is 12.7. The van der Waals surface area contributed by atoms with E-state index in [2.05, 4.69) is 28.9 Å². The second kappa shape index (κ2) is 11.2. The first-order valence-electron chi connectivity index (χ1n) is 11.8. The van der Waals surface area contributed by atoms with Gasteiger partial charge in [0, 0.05) is 38.3 Å². The molecule has 0 spiro atoms. The van der Waals surface area contributed by atoms with Gasteiger partial charge in [-0.2, -0.15) is 0 Å². The Hall–Kier alpha value is -3.26. The maximum Gasteiger partial charge on any atom is 0.264 e. The van der Waals surface area contributed by atoms with E-state index in [1.807, 2.05) is 64.9 Å². The number of anilines is 1. The highest BCUT2D eigenvalue weighted by Gasteiger charge is 2.27. The van der Waals surface area contributed by atoms with Gasteiger partial charge in [-0.1, -0.05) is 56.7 Å². The van der Waals surface area contributed by atoms with Crippen molar-refractivity contribution in [1.82, 2.24) is 20.0 Å². The van der Waals surface area contributed by atoms with Crippen molar-refractivity contribution in [2.75, 3.05) is 44.2 Å². The van der Waals surface area contributed by atoms with Crippen LogP contribution in [0, 0.1) is 5.92 Å². The summed E-state index contributed by atoms with van der Waals surface area (Å²) in [6.07, 6.45) is 0.963. The van der Waals surface area contributed by atoms with Crippen molar-refractivity contribution in [2.45, 2.75) is 20.3 Å². The lowest BCUT2D eigenvalue weighted by molar-refractivity contribution is -0.132. The molecule has 1 aromatic carbocycles. The summed E-state index contributed by atoms with van der Waals surface area (Å²) in [5, 5.41) is 10.7. The van der Waals surface area contributed by atoms with E-state index in [0.717, 1.165) is 23.5 Å². The van der Waals surface area contributed by atoms with E-state index in [1.54, 1.807) is 4.90 Å². The lowest BCUT2D eigenvalue weighted by atomic mass is 10.1. The van der Waals surface area contributed by atoms with Gasteiger partial charge in [-0.05, 0) is 29.5 Å². The Labute approximate surface area is 205 Å². The van der Waals surface area contributed by atoms with Gasteiger partial charge in [-0.3, -0.25) is 9.59 Å². The van der Waals surface area contributed by atoms with Crippen LogP contribution in [0.5, 0.6) is 0 Å². The summed E-state index contributed by atoms with van der Waals surface area (Å²) in [7, 11) is 0. The molecule has 0 N–H and O–H groups in total. The number of rotatable bonds is 8. The molecule has 178 valence electrons. The Balaban J connectivity index is 1.34. The van der Waals surface area contributed by atoms with Gasteiger partial charge in [-0.15, -0.1) is 21.5 Å². The van der Waals surface area contributed by atoms with E-state index in [1.165, 1.54) is 11.3 Å². The summed E-state index contributed by atoms with van der Waals surface area (Å²) in [6, 6.07) is 17.6. The normalized spacial score (nSPS) is 14.6. The number of aromatic nitrogens is 2. The predicted molar refractivity (Wildman–Crippen MR) is 136 cm³/mol. The Kier molecular flexibility index (Phi) is 7.90. The van der Waals surface area contributed by atoms with Crippen molar-refractivity contribution in [3.8, 4) is 11.3 Å². The third-order valence-electron chi connectivity index (χ3n) is 6.25. The number of carbonyl (C=O) groups is 2. The first kappa shape index (κ1) is 23.9. The smallest absolute Gasteiger partial charge is 0.264 e. The number of carbonyl (C=O) groups excluding carboxylic acids is 2. The molecule has 1 saturated heterocycles. The van der Waals surface area contributed by atoms with Gasteiger partial charge in [-0.25, -0.2) is 0 Å². The summed E-state index contributed by atoms with van der Waals surface area (Å²) < 4.78 is 0. The molecule has 1 fully saturated rings. The lowest BCUT2D eigenvalue weighted by Gasteiger charge is -2.36. The van der Waals surface area contributed by atoms with Gasteiger partial charge in [0.05, 0.1) is 10.6 Å². The summed E-state index contributed by atoms with van der Waals surface area (Å²) in [4.78, 5) is 32.5. The summed E-state index contributed by atoms with van der Waals surface area (Å²) in [5.41, 5.74) is 1.88. The highest BCUT2D eigenvalue weighted by molar-refractivity contribution is 7.12. The van der Waals surface area contributed by atoms with Gasteiger partial charge in [0.25, 0.3) is 5.91 Å². The molecule has 0 radical (unpaired) electrons. The minimum Gasteiger partial charge on any atom is -0.352 e. The van der Waals surface area contributed by atoms with Crippen molar-refractivity contribution in [3.63, 3.8) is 0 Å². The zero-order valence-electron chi connectivity index (χ0n) is 19.8. The number of hydrogen-bond donors (Lipinski definition) is 0. The van der Waals surface area contributed by atoms with Crippen LogP contribution < -0.4 is 4.90 Å². The van der Waals surface area contributed by atoms with Crippen LogP contribution in [0.2, 0.25) is 0 Å². The average Bonchev–Trinajstić information content (AvgIpc) is 3.43. The fourth-order valence-corrected chi connectivity index (χ4v) is 4.68. The zero-order valence-corrected chi connectivity index (χ0v) is 20.6. The third kappa shape index (κ3) is 5.80. The highest BCUT2D eigenvalue weighted by atomic mass is 32.1. The van der Waals surface area contributed by atoms with Crippen LogP contribution in [0.3, 0.4) is 0 Å². The largest absolute Gasteiger partial charge is 0.352 e. The van der Waals surface area contributed by atoms with Crippen LogP contribution in [-0.4, -0.2) is 71.1 Å². The molecule has 1 atom stereocenters. The highest BCUT2D eigenvalue weighted by Crippen LogP contribution is 2.20. The maximum atomic E-state index is 13.1. The minimum atomic E-state index is -0.0592. The maximum absolute atomic E-state index is 13.1. The molecular weight excluding hydrogens is 446 g/mol. The van der Waals surface area contributed by atoms with E-state index >= 15 is 0 Å². The van der Waals surface area contributed by atoms with Crippen LogP contribution in [0.1, 0.15) is 29.9 Å². The molecule has 1 aliphatic heterocycles. The summed E-state index contributed by atoms with van der Waals surface area (Å²) in [6.45, 7) is 7.51. The van der Waals surface area contributed by atoms with Crippen molar-refractivity contribution >= 4 is 29.0 Å². The van der Waals surface area contributed by atoms with E-state index in [4.69, 9.17) is 0 Å². The molecule has 0 saturated carbocycles. The first-order chi connectivity index (χ1) is 16.5. The molecule has 3 heterocycles. The third-order valence-corrected chi connectivity index (χ3v) is 7.11. The number of amides is 2. The SMILES string of the molecule is CC[C@@H](C)CN(CC(=O)N1CCN(c2ccc(-c3ccccc3)nn2)CC1)C(=O)c1cccs1. The zero-order chi connectivity index (χ0) is 23.9. The Bertz CT molecular complexity index is 1060. The number of piperazine rings is 1. The Morgan fingerprint density at radius 3 is 2.38 bits per heavy atom. The number of hydrogen-bond acceptors (Lipinski definition) is 6. The fourth-order valence-electron chi connectivity index (χ4n) is 3.99. The molecule has 4 rings (SSSR count). The van der Waals surface area contributed by atoms with Gasteiger partial charge in [0.15, 0.2) is 5.82 Å². The lowest BCUT2D eigenvalue weighted by Crippen LogP contribution is -2.52. The second-order valence-corrected chi connectivity index (χ2v) is 9.63. The molecule has 3 aromatic rings. The minimum absolute atomic E-state index is 0.00151. The molecule has 1 aliphatic rings. The molecule has 34 heavy (non-hydrogen) atoms. The Morgan fingerprint density at radius 1 is 1.00 bits per heavy atom. The molecule has 0 aliphatic carbocycles. The van der Waals surface area contributed by atoms with E-state index < -0.39 is 0 Å². The molecule has 2 aromatic heterocycles. The van der Waals surface area contributed by atoms with Gasteiger partial charge >= 0.3 is 0 Å². The topological polar surface area (TPSA) is 69.6 Å². The van der Waals surface area contributed by atoms with Gasteiger partial charge < -0.3 is 14.7 Å². The summed E-state index contributed by atoms with van der Waals surface area (Å²) >= 11 is 1.42. The number of nitrogens with zero attached hydrogens (tertiary/aromatic N) is 5. The van der Waals surface area contributed by atoms with Crippen LogP contribution in [0.15, 0.2) is 60.0 Å². The molecule has 7 nitrogen and oxygen atoms in total. The number of thiophene rings is 1. The van der Waals surface area contributed by atoms with Gasteiger partial charge in [0.1, 0.15) is 6.54 Å². The van der Waals surface area contributed by atoms with Crippen LogP contribution in [0.4, 0.5) is 5.82 Å². The summed E-state index contributed by atoms with van der Waals surface area (Å²) in [5.74, 6) is 1.10. The predicted octanol–water partition coefficient (Wildman–Crippen LogP) is 4.04. The molecule has 0 bridgehead atoms. The second-order valence-electron chi connectivity index (χ2n) is 8.69.